The number of esters is 1. The molecule has 1 fully saturated rings. The molecule has 24 heavy (non-hydrogen) atoms. The maximum absolute atomic E-state index is 11.6. The summed E-state index contributed by atoms with van der Waals surface area (Å²) in [6, 6.07) is 0.436. The molecule has 1 aliphatic carbocycles. The Hall–Kier alpha value is -1.56. The van der Waals surface area contributed by atoms with Crippen molar-refractivity contribution in [2.24, 2.45) is 0 Å². The molecule has 0 spiro atoms. The molecule has 6 heteroatoms. The van der Waals surface area contributed by atoms with Crippen LogP contribution in [0.1, 0.15) is 56.7 Å². The van der Waals surface area contributed by atoms with Crippen LogP contribution in [-0.4, -0.2) is 34.8 Å². The third-order valence-corrected chi connectivity index (χ3v) is 4.71. The Balaban J connectivity index is 2.25. The number of aromatic nitrogens is 2. The van der Waals surface area contributed by atoms with Crippen molar-refractivity contribution in [3.05, 3.63) is 17.3 Å². The van der Waals surface area contributed by atoms with Crippen LogP contribution in [0, 0.1) is 6.92 Å². The second-order valence-corrected chi connectivity index (χ2v) is 6.75. The van der Waals surface area contributed by atoms with E-state index in [0.29, 0.717) is 12.6 Å². The molecule has 2 rings (SSSR count). The lowest BCUT2D eigenvalue weighted by molar-refractivity contribution is -0.137. The van der Waals surface area contributed by atoms with E-state index in [-0.39, 0.29) is 5.97 Å². The zero-order valence-electron chi connectivity index (χ0n) is 14.8. The Labute approximate surface area is 148 Å². The van der Waals surface area contributed by atoms with Gasteiger partial charge in [0.15, 0.2) is 5.16 Å². The number of ether oxygens (including phenoxy) is 1. The van der Waals surface area contributed by atoms with Gasteiger partial charge in [-0.3, -0.25) is 0 Å². The van der Waals surface area contributed by atoms with Crippen molar-refractivity contribution in [1.82, 2.24) is 9.97 Å². The maximum atomic E-state index is 11.6. The zero-order valence-corrected chi connectivity index (χ0v) is 15.6. The number of carbonyl (C=O) groups excluding carboxylic acids is 1. The minimum atomic E-state index is -0.341. The molecule has 0 amide bonds. The topological polar surface area (TPSA) is 64.1 Å². The molecular formula is C18H27N3O2S. The number of rotatable bonds is 6. The van der Waals surface area contributed by atoms with E-state index in [1.807, 2.05) is 13.2 Å². The van der Waals surface area contributed by atoms with Gasteiger partial charge in [0.25, 0.3) is 0 Å². The van der Waals surface area contributed by atoms with Crippen LogP contribution in [0.25, 0.3) is 6.08 Å². The van der Waals surface area contributed by atoms with E-state index in [4.69, 9.17) is 4.74 Å². The van der Waals surface area contributed by atoms with Gasteiger partial charge in [-0.1, -0.05) is 37.4 Å². The molecule has 132 valence electrons. The minimum Gasteiger partial charge on any atom is -0.463 e. The first-order valence-electron chi connectivity index (χ1n) is 8.68. The molecule has 1 aromatic rings. The van der Waals surface area contributed by atoms with Crippen LogP contribution in [0.4, 0.5) is 5.82 Å². The summed E-state index contributed by atoms with van der Waals surface area (Å²) in [7, 11) is 0. The molecule has 1 aliphatic rings. The van der Waals surface area contributed by atoms with Crippen LogP contribution in [0.2, 0.25) is 0 Å². The predicted octanol–water partition coefficient (Wildman–Crippen LogP) is 4.22. The summed E-state index contributed by atoms with van der Waals surface area (Å²) in [5, 5.41) is 4.34. The number of hydrogen-bond acceptors (Lipinski definition) is 6. The summed E-state index contributed by atoms with van der Waals surface area (Å²) >= 11 is 1.53. The van der Waals surface area contributed by atoms with E-state index in [9.17, 15) is 4.79 Å². The van der Waals surface area contributed by atoms with E-state index in [1.165, 1.54) is 56.4 Å². The van der Waals surface area contributed by atoms with E-state index < -0.39 is 0 Å². The Kier molecular flexibility index (Phi) is 7.56. The molecule has 1 N–H and O–H groups in total. The number of nitrogens with one attached hydrogen (secondary N) is 1. The van der Waals surface area contributed by atoms with Gasteiger partial charge in [0.2, 0.25) is 0 Å². The van der Waals surface area contributed by atoms with Gasteiger partial charge in [0.1, 0.15) is 5.82 Å². The smallest absolute Gasteiger partial charge is 0.330 e. The average molecular weight is 350 g/mol. The van der Waals surface area contributed by atoms with Crippen LogP contribution >= 0.6 is 11.8 Å². The lowest BCUT2D eigenvalue weighted by atomic mass is 10.1. The number of nitrogens with zero attached hydrogens (tertiary/aromatic N) is 2. The quantitative estimate of drug-likeness (QED) is 0.273. The van der Waals surface area contributed by atoms with Gasteiger partial charge in [0.05, 0.1) is 12.3 Å². The highest BCUT2D eigenvalue weighted by molar-refractivity contribution is 7.98. The third-order valence-electron chi connectivity index (χ3n) is 4.17. The molecule has 0 saturated heterocycles. The number of carbonyl (C=O) groups is 1. The number of anilines is 1. The second kappa shape index (κ2) is 9.67. The summed E-state index contributed by atoms with van der Waals surface area (Å²) in [5.74, 6) is 0.477. The first kappa shape index (κ1) is 18.8. The summed E-state index contributed by atoms with van der Waals surface area (Å²) in [6.07, 6.45) is 12.6. The molecule has 0 aliphatic heterocycles. The minimum absolute atomic E-state index is 0.341. The Morgan fingerprint density at radius 1 is 1.29 bits per heavy atom. The lowest BCUT2D eigenvalue weighted by Crippen LogP contribution is -2.20. The van der Waals surface area contributed by atoms with Crippen LogP contribution in [0.5, 0.6) is 0 Å². The first-order valence-corrected chi connectivity index (χ1v) is 9.90. The second-order valence-electron chi connectivity index (χ2n) is 5.98. The van der Waals surface area contributed by atoms with Gasteiger partial charge in [-0.15, -0.1) is 0 Å². The summed E-state index contributed by atoms with van der Waals surface area (Å²) in [4.78, 5) is 20.8. The Morgan fingerprint density at radius 2 is 2.00 bits per heavy atom. The average Bonchev–Trinajstić information content (AvgIpc) is 2.82. The largest absolute Gasteiger partial charge is 0.463 e. The molecule has 0 bridgehead atoms. The molecule has 1 heterocycles. The van der Waals surface area contributed by atoms with Gasteiger partial charge < -0.3 is 10.1 Å². The summed E-state index contributed by atoms with van der Waals surface area (Å²) in [6.45, 7) is 4.12. The van der Waals surface area contributed by atoms with E-state index in [1.54, 1.807) is 13.0 Å². The fraction of sp³-hybridized carbons (Fsp3) is 0.611. The maximum Gasteiger partial charge on any atom is 0.330 e. The molecule has 5 nitrogen and oxygen atoms in total. The fourth-order valence-corrected chi connectivity index (χ4v) is 3.33. The van der Waals surface area contributed by atoms with E-state index in [0.717, 1.165) is 22.2 Å². The normalized spacial score (nSPS) is 16.1. The Morgan fingerprint density at radius 3 is 2.62 bits per heavy atom. The van der Waals surface area contributed by atoms with Crippen molar-refractivity contribution in [1.29, 1.82) is 0 Å². The molecule has 0 unspecified atom stereocenters. The van der Waals surface area contributed by atoms with Crippen molar-refractivity contribution in [2.75, 3.05) is 18.2 Å². The van der Waals surface area contributed by atoms with Crippen LogP contribution in [0.15, 0.2) is 11.2 Å². The standard InChI is InChI=1S/C18H27N3O2S/c1-4-23-16(22)12-11-15-13(2)19-18(24-3)21-17(15)20-14-9-7-5-6-8-10-14/h11-12,14H,4-10H2,1-3H3,(H,19,20,21)/b12-11+. The highest BCUT2D eigenvalue weighted by Crippen LogP contribution is 2.26. The van der Waals surface area contributed by atoms with Gasteiger partial charge in [0, 0.05) is 17.7 Å². The highest BCUT2D eigenvalue weighted by atomic mass is 32.2. The van der Waals surface area contributed by atoms with Crippen molar-refractivity contribution in [2.45, 2.75) is 63.6 Å². The third kappa shape index (κ3) is 5.51. The summed E-state index contributed by atoms with van der Waals surface area (Å²) in [5.41, 5.74) is 1.73. The summed E-state index contributed by atoms with van der Waals surface area (Å²) < 4.78 is 4.96. The predicted molar refractivity (Wildman–Crippen MR) is 99.3 cm³/mol. The first-order chi connectivity index (χ1) is 11.6. The highest BCUT2D eigenvalue weighted by Gasteiger charge is 2.16. The molecule has 1 saturated carbocycles. The van der Waals surface area contributed by atoms with Gasteiger partial charge in [-0.25, -0.2) is 14.8 Å². The molecule has 0 radical (unpaired) electrons. The van der Waals surface area contributed by atoms with Crippen molar-refractivity contribution in [3.8, 4) is 0 Å². The SMILES string of the molecule is CCOC(=O)/C=C/c1c(C)nc(SC)nc1NC1CCCCCC1. The van der Waals surface area contributed by atoms with Crippen LogP contribution in [0.3, 0.4) is 0 Å². The number of hydrogen-bond donors (Lipinski definition) is 1. The lowest BCUT2D eigenvalue weighted by Gasteiger charge is -2.19. The molecule has 0 aromatic carbocycles. The van der Waals surface area contributed by atoms with Gasteiger partial charge >= 0.3 is 5.97 Å². The van der Waals surface area contributed by atoms with E-state index >= 15 is 0 Å². The van der Waals surface area contributed by atoms with Crippen molar-refractivity contribution in [3.63, 3.8) is 0 Å². The fourth-order valence-electron chi connectivity index (χ4n) is 2.92. The molecule has 0 atom stereocenters. The molecular weight excluding hydrogens is 322 g/mol. The molecule has 1 aromatic heterocycles. The van der Waals surface area contributed by atoms with Gasteiger partial charge in [-0.2, -0.15) is 0 Å². The number of thioether (sulfide) groups is 1. The Bertz CT molecular complexity index is 582. The monoisotopic (exact) mass is 349 g/mol. The van der Waals surface area contributed by atoms with Gasteiger partial charge in [-0.05, 0) is 39.0 Å². The van der Waals surface area contributed by atoms with E-state index in [2.05, 4.69) is 15.3 Å². The van der Waals surface area contributed by atoms with Crippen LogP contribution < -0.4 is 5.32 Å². The van der Waals surface area contributed by atoms with Crippen molar-refractivity contribution < 1.29 is 9.53 Å². The van der Waals surface area contributed by atoms with Crippen molar-refractivity contribution >= 4 is 29.6 Å². The number of aryl methyl sites for hydroxylation is 1. The zero-order chi connectivity index (χ0) is 17.4. The van der Waals surface area contributed by atoms with Crippen LogP contribution in [-0.2, 0) is 9.53 Å².